The van der Waals surface area contributed by atoms with Gasteiger partial charge in [-0.25, -0.2) is 0 Å². The topological polar surface area (TPSA) is 91.0 Å². The molecular weight excluding hydrogens is 333 g/mol. The van der Waals surface area contributed by atoms with E-state index >= 15 is 0 Å². The average molecular weight is 347 g/mol. The standard InChI is InChI=1S/C13H14F3N4O2S/c14-13(15,16)9-7-11(20(21)22)10(19-2-1-17)8-12(9)23-5-3-18-4-6-23/h7-8,18-19H,2-6H2/q+1. The number of nitro benzene ring substituents is 1. The Hall–Kier alpha value is -1.99. The van der Waals surface area contributed by atoms with E-state index in [-0.39, 0.29) is 17.1 Å². The highest BCUT2D eigenvalue weighted by Gasteiger charge is 2.42. The third-order valence-electron chi connectivity index (χ3n) is 3.32. The third-order valence-corrected chi connectivity index (χ3v) is 5.67. The molecule has 0 atom stereocenters. The molecule has 1 fully saturated rings. The van der Waals surface area contributed by atoms with Crippen LogP contribution in [0.4, 0.5) is 24.5 Å². The normalized spacial score (nSPS) is 15.9. The van der Waals surface area contributed by atoms with Gasteiger partial charge in [0, 0.05) is 36.1 Å². The molecule has 10 heteroatoms. The van der Waals surface area contributed by atoms with Crippen LogP contribution in [0.1, 0.15) is 5.56 Å². The molecule has 1 aliphatic rings. The highest BCUT2D eigenvalue weighted by molar-refractivity contribution is 7.97. The van der Waals surface area contributed by atoms with E-state index in [1.807, 2.05) is 0 Å². The number of hydrogen-bond donors (Lipinski definition) is 2. The minimum absolute atomic E-state index is 0.0504. The maximum atomic E-state index is 13.3. The number of nitriles is 1. The van der Waals surface area contributed by atoms with Gasteiger partial charge in [-0.3, -0.25) is 10.1 Å². The molecule has 1 saturated heterocycles. The van der Waals surface area contributed by atoms with E-state index in [0.717, 1.165) is 0 Å². The van der Waals surface area contributed by atoms with Crippen molar-refractivity contribution >= 4 is 22.3 Å². The van der Waals surface area contributed by atoms with E-state index in [0.29, 0.717) is 30.7 Å². The Morgan fingerprint density at radius 3 is 2.57 bits per heavy atom. The molecule has 0 spiro atoms. The Labute approximate surface area is 133 Å². The van der Waals surface area contributed by atoms with E-state index < -0.39 is 33.2 Å². The molecule has 0 bridgehead atoms. The molecule has 0 aromatic heterocycles. The lowest BCUT2D eigenvalue weighted by Gasteiger charge is -2.19. The number of nitrogens with one attached hydrogen (secondary N) is 2. The van der Waals surface area contributed by atoms with Crippen LogP contribution < -0.4 is 10.6 Å². The van der Waals surface area contributed by atoms with Gasteiger partial charge in [0.1, 0.15) is 29.3 Å². The Morgan fingerprint density at radius 1 is 1.39 bits per heavy atom. The van der Waals surface area contributed by atoms with Gasteiger partial charge in [0.15, 0.2) is 4.90 Å². The van der Waals surface area contributed by atoms with Crippen LogP contribution in [0.3, 0.4) is 0 Å². The number of alkyl halides is 3. The fourth-order valence-corrected chi connectivity index (χ4v) is 4.49. The first-order valence-corrected chi connectivity index (χ1v) is 8.29. The lowest BCUT2D eigenvalue weighted by atomic mass is 10.1. The van der Waals surface area contributed by atoms with Crippen molar-refractivity contribution in [1.29, 1.82) is 5.26 Å². The maximum absolute atomic E-state index is 13.3. The molecule has 0 saturated carbocycles. The van der Waals surface area contributed by atoms with E-state index in [9.17, 15) is 23.3 Å². The molecule has 1 aromatic carbocycles. The second-order valence-corrected chi connectivity index (χ2v) is 7.03. The number of hydrogen-bond acceptors (Lipinski definition) is 5. The summed E-state index contributed by atoms with van der Waals surface area (Å²) in [4.78, 5) is 10.3. The molecule has 0 unspecified atom stereocenters. The molecule has 1 aromatic rings. The van der Waals surface area contributed by atoms with Crippen LogP contribution in [0, 0.1) is 21.4 Å². The van der Waals surface area contributed by atoms with Crippen molar-refractivity contribution < 1.29 is 18.1 Å². The van der Waals surface area contributed by atoms with Crippen LogP contribution in [0.15, 0.2) is 17.0 Å². The van der Waals surface area contributed by atoms with E-state index in [2.05, 4.69) is 10.6 Å². The highest BCUT2D eigenvalue weighted by atomic mass is 32.2. The molecule has 2 rings (SSSR count). The molecule has 1 aliphatic heterocycles. The van der Waals surface area contributed by atoms with E-state index in [1.54, 1.807) is 6.07 Å². The summed E-state index contributed by atoms with van der Waals surface area (Å²) in [6, 6.07) is 3.52. The van der Waals surface area contributed by atoms with Gasteiger partial charge in [-0.1, -0.05) is 0 Å². The zero-order chi connectivity index (χ0) is 17.0. The summed E-state index contributed by atoms with van der Waals surface area (Å²) in [6.07, 6.45) is -4.66. The second-order valence-electron chi connectivity index (χ2n) is 4.78. The van der Waals surface area contributed by atoms with Crippen LogP contribution >= 0.6 is 0 Å². The van der Waals surface area contributed by atoms with Crippen LogP contribution in [-0.4, -0.2) is 36.1 Å². The molecule has 0 amide bonds. The quantitative estimate of drug-likeness (QED) is 0.377. The maximum Gasteiger partial charge on any atom is 0.421 e. The van der Waals surface area contributed by atoms with Crippen LogP contribution in [-0.2, 0) is 17.1 Å². The minimum Gasteiger partial charge on any atom is -0.367 e. The van der Waals surface area contributed by atoms with Crippen LogP contribution in [0.5, 0.6) is 0 Å². The van der Waals surface area contributed by atoms with Crippen LogP contribution in [0.2, 0.25) is 0 Å². The summed E-state index contributed by atoms with van der Waals surface area (Å²) in [5.41, 5.74) is -1.68. The molecule has 6 nitrogen and oxygen atoms in total. The zero-order valence-electron chi connectivity index (χ0n) is 11.9. The molecule has 1 heterocycles. The fraction of sp³-hybridized carbons (Fsp3) is 0.462. The van der Waals surface area contributed by atoms with Gasteiger partial charge < -0.3 is 10.6 Å². The summed E-state index contributed by atoms with van der Waals surface area (Å²) in [5.74, 6) is 1.11. The Balaban J connectivity index is 2.56. The van der Waals surface area contributed by atoms with Crippen molar-refractivity contribution in [3.05, 3.63) is 27.8 Å². The van der Waals surface area contributed by atoms with Gasteiger partial charge in [-0.05, 0) is 0 Å². The summed E-state index contributed by atoms with van der Waals surface area (Å²) in [5, 5.41) is 25.3. The smallest absolute Gasteiger partial charge is 0.367 e. The lowest BCUT2D eigenvalue weighted by molar-refractivity contribution is -0.384. The summed E-state index contributed by atoms with van der Waals surface area (Å²) >= 11 is 0. The Morgan fingerprint density at radius 2 is 2.04 bits per heavy atom. The first-order chi connectivity index (χ1) is 10.8. The largest absolute Gasteiger partial charge is 0.421 e. The molecule has 23 heavy (non-hydrogen) atoms. The van der Waals surface area contributed by atoms with Gasteiger partial charge in [0.2, 0.25) is 0 Å². The van der Waals surface area contributed by atoms with Crippen LogP contribution in [0.25, 0.3) is 0 Å². The van der Waals surface area contributed by atoms with Crippen molar-refractivity contribution in [3.8, 4) is 6.07 Å². The second kappa shape index (κ2) is 7.06. The molecule has 0 aliphatic carbocycles. The summed E-state index contributed by atoms with van der Waals surface area (Å²) < 4.78 is 40.0. The van der Waals surface area contributed by atoms with Gasteiger partial charge in [-0.2, -0.15) is 18.4 Å². The average Bonchev–Trinajstić information content (AvgIpc) is 2.51. The number of nitrogens with zero attached hydrogens (tertiary/aromatic N) is 2. The number of benzene rings is 1. The predicted molar refractivity (Wildman–Crippen MR) is 80.4 cm³/mol. The monoisotopic (exact) mass is 347 g/mol. The Bertz CT molecular complexity index is 639. The number of nitro groups is 1. The third kappa shape index (κ3) is 4.05. The highest BCUT2D eigenvalue weighted by Crippen LogP contribution is 2.40. The van der Waals surface area contributed by atoms with Crippen molar-refractivity contribution in [1.82, 2.24) is 5.32 Å². The predicted octanol–water partition coefficient (Wildman–Crippen LogP) is 2.13. The number of rotatable bonds is 4. The summed E-state index contributed by atoms with van der Waals surface area (Å²) in [7, 11) is -0.631. The summed E-state index contributed by atoms with van der Waals surface area (Å²) in [6.45, 7) is 0.998. The molecule has 0 radical (unpaired) electrons. The van der Waals surface area contributed by atoms with Gasteiger partial charge in [0.05, 0.1) is 11.0 Å². The van der Waals surface area contributed by atoms with Crippen molar-refractivity contribution in [2.45, 2.75) is 11.1 Å². The first-order valence-electron chi connectivity index (χ1n) is 6.73. The van der Waals surface area contributed by atoms with E-state index in [1.165, 1.54) is 6.07 Å². The first kappa shape index (κ1) is 17.4. The molecular formula is C13H14F3N4O2S+. The van der Waals surface area contributed by atoms with Gasteiger partial charge in [0.25, 0.3) is 5.69 Å². The van der Waals surface area contributed by atoms with Crippen molar-refractivity contribution in [2.75, 3.05) is 36.5 Å². The van der Waals surface area contributed by atoms with Gasteiger partial charge in [-0.15, -0.1) is 0 Å². The van der Waals surface area contributed by atoms with E-state index in [4.69, 9.17) is 5.26 Å². The zero-order valence-corrected chi connectivity index (χ0v) is 12.8. The molecule has 124 valence electrons. The molecule has 2 N–H and O–H groups in total. The Kier molecular flexibility index (Phi) is 5.33. The number of anilines is 1. The fourth-order valence-electron chi connectivity index (χ4n) is 2.29. The van der Waals surface area contributed by atoms with Gasteiger partial charge >= 0.3 is 6.18 Å². The SMILES string of the molecule is N#CCNc1cc([S+]2CCNCC2)c(C(F)(F)F)cc1[N+](=O)[O-]. The minimum atomic E-state index is -4.66. The number of halogens is 3. The van der Waals surface area contributed by atoms with Crippen molar-refractivity contribution in [3.63, 3.8) is 0 Å². The lowest BCUT2D eigenvalue weighted by Crippen LogP contribution is -2.37. The van der Waals surface area contributed by atoms with Crippen molar-refractivity contribution in [2.24, 2.45) is 0 Å².